The highest BCUT2D eigenvalue weighted by atomic mass is 35.5. The molecule has 12 heavy (non-hydrogen) atoms. The van der Waals surface area contributed by atoms with Crippen molar-refractivity contribution >= 4 is 17.6 Å². The van der Waals surface area contributed by atoms with E-state index in [1.54, 1.807) is 6.92 Å². The molecule has 0 fully saturated rings. The maximum absolute atomic E-state index is 11.4. The van der Waals surface area contributed by atoms with Crippen LogP contribution in [-0.4, -0.2) is 16.4 Å². The first-order chi connectivity index (χ1) is 5.19. The SMILES string of the molecule is CCC(C)(Cl)C(=O)OC(C)(C)C. The minimum absolute atomic E-state index is 0.348. The van der Waals surface area contributed by atoms with Gasteiger partial charge in [0.15, 0.2) is 0 Å². The molecule has 0 saturated heterocycles. The fourth-order valence-electron chi connectivity index (χ4n) is 0.529. The molecule has 0 amide bonds. The van der Waals surface area contributed by atoms with Crippen LogP contribution in [0, 0.1) is 0 Å². The van der Waals surface area contributed by atoms with Gasteiger partial charge in [-0.15, -0.1) is 11.6 Å². The Kier molecular flexibility index (Phi) is 3.58. The van der Waals surface area contributed by atoms with E-state index in [-0.39, 0.29) is 5.97 Å². The molecule has 0 aromatic heterocycles. The summed E-state index contributed by atoms with van der Waals surface area (Å²) in [6.45, 7) is 9.01. The number of hydrogen-bond acceptors (Lipinski definition) is 2. The molecule has 0 spiro atoms. The molecule has 0 aliphatic heterocycles. The first kappa shape index (κ1) is 11.8. The highest BCUT2D eigenvalue weighted by Crippen LogP contribution is 2.23. The van der Waals surface area contributed by atoms with Crippen LogP contribution in [0.4, 0.5) is 0 Å². The Morgan fingerprint density at radius 3 is 2.00 bits per heavy atom. The van der Waals surface area contributed by atoms with Crippen LogP contribution < -0.4 is 0 Å². The number of halogens is 1. The van der Waals surface area contributed by atoms with E-state index in [1.165, 1.54) is 0 Å². The molecular weight excluding hydrogens is 176 g/mol. The molecule has 0 aromatic rings. The van der Waals surface area contributed by atoms with Gasteiger partial charge in [-0.3, -0.25) is 4.79 Å². The zero-order chi connectivity index (χ0) is 9.99. The van der Waals surface area contributed by atoms with Crippen LogP contribution in [-0.2, 0) is 9.53 Å². The number of esters is 1. The number of carbonyl (C=O) groups excluding carboxylic acids is 1. The fraction of sp³-hybridized carbons (Fsp3) is 0.889. The summed E-state index contributed by atoms with van der Waals surface area (Å²) in [5.74, 6) is -0.348. The summed E-state index contributed by atoms with van der Waals surface area (Å²) in [5.41, 5.74) is -0.456. The lowest BCUT2D eigenvalue weighted by Crippen LogP contribution is -2.36. The van der Waals surface area contributed by atoms with Gasteiger partial charge in [-0.25, -0.2) is 0 Å². The normalized spacial score (nSPS) is 16.8. The van der Waals surface area contributed by atoms with Crippen LogP contribution in [0.5, 0.6) is 0 Å². The summed E-state index contributed by atoms with van der Waals surface area (Å²) >= 11 is 5.90. The predicted molar refractivity (Wildman–Crippen MR) is 50.4 cm³/mol. The van der Waals surface area contributed by atoms with E-state index in [0.29, 0.717) is 6.42 Å². The maximum Gasteiger partial charge on any atom is 0.327 e. The number of rotatable bonds is 2. The molecule has 72 valence electrons. The lowest BCUT2D eigenvalue weighted by Gasteiger charge is -2.25. The Bertz CT molecular complexity index is 168. The van der Waals surface area contributed by atoms with Crippen molar-refractivity contribution in [2.24, 2.45) is 0 Å². The van der Waals surface area contributed by atoms with Crippen LogP contribution in [0.15, 0.2) is 0 Å². The molecule has 0 heterocycles. The van der Waals surface area contributed by atoms with Crippen molar-refractivity contribution in [2.75, 3.05) is 0 Å². The third-order valence-electron chi connectivity index (χ3n) is 1.49. The number of alkyl halides is 1. The predicted octanol–water partition coefficient (Wildman–Crippen LogP) is 2.74. The van der Waals surface area contributed by atoms with Gasteiger partial charge in [-0.1, -0.05) is 6.92 Å². The van der Waals surface area contributed by atoms with Crippen LogP contribution in [0.25, 0.3) is 0 Å². The molecule has 0 rings (SSSR count). The third-order valence-corrected chi connectivity index (χ3v) is 1.91. The van der Waals surface area contributed by atoms with Gasteiger partial charge in [0.05, 0.1) is 0 Å². The molecule has 0 bridgehead atoms. The second kappa shape index (κ2) is 3.65. The van der Waals surface area contributed by atoms with Crippen LogP contribution in [0.2, 0.25) is 0 Å². The summed E-state index contributed by atoms with van der Waals surface area (Å²) in [4.78, 5) is 10.5. The van der Waals surface area contributed by atoms with Gasteiger partial charge in [-0.2, -0.15) is 0 Å². The number of hydrogen-bond donors (Lipinski definition) is 0. The summed E-state index contributed by atoms with van der Waals surface area (Å²) in [7, 11) is 0. The van der Waals surface area contributed by atoms with E-state index in [2.05, 4.69) is 0 Å². The molecule has 1 atom stereocenters. The van der Waals surface area contributed by atoms with Crippen molar-refractivity contribution in [3.05, 3.63) is 0 Å². The van der Waals surface area contributed by atoms with Gasteiger partial charge in [0.1, 0.15) is 10.5 Å². The Balaban J connectivity index is 4.23. The lowest BCUT2D eigenvalue weighted by molar-refractivity contribution is -0.157. The van der Waals surface area contributed by atoms with E-state index in [4.69, 9.17) is 16.3 Å². The lowest BCUT2D eigenvalue weighted by atomic mass is 10.1. The van der Waals surface area contributed by atoms with E-state index in [9.17, 15) is 4.79 Å². The van der Waals surface area contributed by atoms with Crippen LogP contribution in [0.1, 0.15) is 41.0 Å². The minimum atomic E-state index is -0.882. The van der Waals surface area contributed by atoms with Crippen molar-refractivity contribution in [2.45, 2.75) is 51.5 Å². The number of carbonyl (C=O) groups is 1. The van der Waals surface area contributed by atoms with Gasteiger partial charge < -0.3 is 4.74 Å². The van der Waals surface area contributed by atoms with Crippen molar-refractivity contribution in [1.82, 2.24) is 0 Å². The average molecular weight is 193 g/mol. The largest absolute Gasteiger partial charge is 0.459 e. The Morgan fingerprint density at radius 2 is 1.75 bits per heavy atom. The van der Waals surface area contributed by atoms with Crippen molar-refractivity contribution in [1.29, 1.82) is 0 Å². The first-order valence-corrected chi connectivity index (χ1v) is 4.49. The minimum Gasteiger partial charge on any atom is -0.459 e. The van der Waals surface area contributed by atoms with Gasteiger partial charge >= 0.3 is 5.97 Å². The first-order valence-electron chi connectivity index (χ1n) is 4.11. The van der Waals surface area contributed by atoms with E-state index in [1.807, 2.05) is 27.7 Å². The molecule has 0 aromatic carbocycles. The van der Waals surface area contributed by atoms with E-state index >= 15 is 0 Å². The topological polar surface area (TPSA) is 26.3 Å². The summed E-state index contributed by atoms with van der Waals surface area (Å²) in [6.07, 6.45) is 0.573. The monoisotopic (exact) mass is 192 g/mol. The summed E-state index contributed by atoms with van der Waals surface area (Å²) < 4.78 is 5.12. The molecule has 0 N–H and O–H groups in total. The molecule has 1 unspecified atom stereocenters. The maximum atomic E-state index is 11.4. The molecule has 0 aliphatic carbocycles. The molecule has 0 aliphatic rings. The molecule has 2 nitrogen and oxygen atoms in total. The molecule has 0 saturated carbocycles. The van der Waals surface area contributed by atoms with Crippen LogP contribution in [0.3, 0.4) is 0 Å². The van der Waals surface area contributed by atoms with Crippen molar-refractivity contribution in [3.63, 3.8) is 0 Å². The number of ether oxygens (including phenoxy) is 1. The van der Waals surface area contributed by atoms with Crippen LogP contribution >= 0.6 is 11.6 Å². The molecule has 3 heteroatoms. The standard InChI is InChI=1S/C9H17ClO2/c1-6-9(5,10)7(11)12-8(2,3)4/h6H2,1-5H3. The van der Waals surface area contributed by atoms with Gasteiger partial charge in [0.25, 0.3) is 0 Å². The Labute approximate surface area is 79.2 Å². The zero-order valence-electron chi connectivity index (χ0n) is 8.40. The van der Waals surface area contributed by atoms with Gasteiger partial charge in [0, 0.05) is 0 Å². The average Bonchev–Trinajstić information content (AvgIpc) is 1.84. The third kappa shape index (κ3) is 3.96. The van der Waals surface area contributed by atoms with E-state index < -0.39 is 10.5 Å². The summed E-state index contributed by atoms with van der Waals surface area (Å²) in [5, 5.41) is 0. The second-order valence-corrected chi connectivity index (χ2v) is 4.89. The quantitative estimate of drug-likeness (QED) is 0.497. The zero-order valence-corrected chi connectivity index (χ0v) is 9.16. The highest BCUT2D eigenvalue weighted by Gasteiger charge is 2.33. The molecule has 0 radical (unpaired) electrons. The Hall–Kier alpha value is -0.240. The van der Waals surface area contributed by atoms with E-state index in [0.717, 1.165) is 0 Å². The smallest absolute Gasteiger partial charge is 0.327 e. The fourth-order valence-corrected chi connectivity index (χ4v) is 0.567. The Morgan fingerprint density at radius 1 is 1.33 bits per heavy atom. The summed E-state index contributed by atoms with van der Waals surface area (Å²) in [6, 6.07) is 0. The molecular formula is C9H17ClO2. The van der Waals surface area contributed by atoms with Gasteiger partial charge in [-0.05, 0) is 34.1 Å². The van der Waals surface area contributed by atoms with Crippen molar-refractivity contribution < 1.29 is 9.53 Å². The second-order valence-electron chi connectivity index (χ2n) is 4.05. The van der Waals surface area contributed by atoms with Crippen molar-refractivity contribution in [3.8, 4) is 0 Å². The van der Waals surface area contributed by atoms with Gasteiger partial charge in [0.2, 0.25) is 0 Å². The highest BCUT2D eigenvalue weighted by molar-refractivity contribution is 6.33.